The van der Waals surface area contributed by atoms with Crippen molar-refractivity contribution >= 4 is 0 Å². The van der Waals surface area contributed by atoms with Gasteiger partial charge in [-0.15, -0.1) is 0 Å². The van der Waals surface area contributed by atoms with Crippen LogP contribution in [0.15, 0.2) is 42.5 Å². The molecule has 0 bridgehead atoms. The molecule has 0 heterocycles. The molecule has 0 aliphatic heterocycles. The lowest BCUT2D eigenvalue weighted by Crippen LogP contribution is -2.01. The van der Waals surface area contributed by atoms with Gasteiger partial charge in [-0.1, -0.05) is 12.1 Å². The van der Waals surface area contributed by atoms with Gasteiger partial charge in [0.2, 0.25) is 0 Å². The van der Waals surface area contributed by atoms with Gasteiger partial charge in [-0.05, 0) is 35.4 Å². The minimum Gasteiger partial charge on any atom is -0.497 e. The summed E-state index contributed by atoms with van der Waals surface area (Å²) in [5, 5.41) is 8.71. The van der Waals surface area contributed by atoms with Crippen LogP contribution < -0.4 is 9.47 Å². The van der Waals surface area contributed by atoms with Crippen molar-refractivity contribution in [1.29, 1.82) is 0 Å². The van der Waals surface area contributed by atoms with E-state index in [1.165, 1.54) is 12.1 Å². The number of aliphatic hydroxyl groups excluding tert-OH is 1. The van der Waals surface area contributed by atoms with Crippen LogP contribution in [0.1, 0.15) is 0 Å². The largest absolute Gasteiger partial charge is 0.497 e. The molecule has 4 heteroatoms. The van der Waals surface area contributed by atoms with Crippen LogP contribution in [0.2, 0.25) is 0 Å². The summed E-state index contributed by atoms with van der Waals surface area (Å²) in [6.45, 7) is 0.0416. The molecule has 2 rings (SSSR count). The van der Waals surface area contributed by atoms with Gasteiger partial charge in [0, 0.05) is 6.07 Å². The Kier molecular flexibility index (Phi) is 4.36. The molecule has 0 aliphatic rings. The third kappa shape index (κ3) is 3.45. The topological polar surface area (TPSA) is 38.7 Å². The van der Waals surface area contributed by atoms with Gasteiger partial charge >= 0.3 is 0 Å². The van der Waals surface area contributed by atoms with Crippen LogP contribution >= 0.6 is 0 Å². The van der Waals surface area contributed by atoms with Crippen molar-refractivity contribution < 1.29 is 19.0 Å². The highest BCUT2D eigenvalue weighted by Gasteiger charge is 2.04. The quantitative estimate of drug-likeness (QED) is 0.900. The normalized spacial score (nSPS) is 10.3. The third-order valence-corrected chi connectivity index (χ3v) is 2.65. The average Bonchev–Trinajstić information content (AvgIpc) is 2.44. The molecule has 0 saturated carbocycles. The minimum atomic E-state index is -0.374. The molecule has 0 atom stereocenters. The Morgan fingerprint density at radius 2 is 1.74 bits per heavy atom. The van der Waals surface area contributed by atoms with Crippen LogP contribution in [0.4, 0.5) is 4.39 Å². The Morgan fingerprint density at radius 1 is 1.00 bits per heavy atom. The van der Waals surface area contributed by atoms with E-state index in [2.05, 4.69) is 0 Å². The van der Waals surface area contributed by atoms with Crippen molar-refractivity contribution in [1.82, 2.24) is 0 Å². The molecule has 0 aromatic heterocycles. The highest BCUT2D eigenvalue weighted by atomic mass is 19.1. The molecular formula is C15H15FO3. The van der Waals surface area contributed by atoms with E-state index in [0.29, 0.717) is 5.75 Å². The van der Waals surface area contributed by atoms with Crippen molar-refractivity contribution in [3.63, 3.8) is 0 Å². The zero-order valence-corrected chi connectivity index (χ0v) is 10.6. The van der Waals surface area contributed by atoms with E-state index in [1.807, 2.05) is 24.3 Å². The Labute approximate surface area is 111 Å². The highest BCUT2D eigenvalue weighted by molar-refractivity contribution is 5.65. The number of benzene rings is 2. The molecule has 0 fully saturated rings. The number of methoxy groups -OCH3 is 1. The second-order valence-electron chi connectivity index (χ2n) is 3.98. The molecule has 0 aliphatic carbocycles. The summed E-state index contributed by atoms with van der Waals surface area (Å²) in [7, 11) is 1.60. The molecule has 0 spiro atoms. The van der Waals surface area contributed by atoms with Gasteiger partial charge in [-0.3, -0.25) is 0 Å². The maximum atomic E-state index is 13.5. The maximum Gasteiger partial charge on any atom is 0.127 e. The fourth-order valence-corrected chi connectivity index (χ4v) is 1.76. The zero-order chi connectivity index (χ0) is 13.7. The number of rotatable bonds is 5. The number of aliphatic hydroxyl groups is 1. The monoisotopic (exact) mass is 262 g/mol. The lowest BCUT2D eigenvalue weighted by atomic mass is 10.1. The van der Waals surface area contributed by atoms with Crippen molar-refractivity contribution in [3.05, 3.63) is 48.3 Å². The molecular weight excluding hydrogens is 247 g/mol. The highest BCUT2D eigenvalue weighted by Crippen LogP contribution is 2.27. The Bertz CT molecular complexity index is 538. The van der Waals surface area contributed by atoms with Gasteiger partial charge in [0.25, 0.3) is 0 Å². The number of hydrogen-bond acceptors (Lipinski definition) is 3. The van der Waals surface area contributed by atoms with E-state index in [1.54, 1.807) is 13.2 Å². The van der Waals surface area contributed by atoms with Crippen LogP contribution in [-0.2, 0) is 0 Å². The number of ether oxygens (including phenoxy) is 2. The van der Waals surface area contributed by atoms with Crippen LogP contribution in [0.3, 0.4) is 0 Å². The van der Waals surface area contributed by atoms with Crippen molar-refractivity contribution in [3.8, 4) is 22.6 Å². The molecule has 19 heavy (non-hydrogen) atoms. The van der Waals surface area contributed by atoms with E-state index in [0.717, 1.165) is 16.9 Å². The predicted molar refractivity (Wildman–Crippen MR) is 71.0 cm³/mol. The molecule has 0 amide bonds. The first-order chi connectivity index (χ1) is 9.22. The molecule has 2 aromatic carbocycles. The van der Waals surface area contributed by atoms with Crippen LogP contribution in [0.25, 0.3) is 11.1 Å². The van der Waals surface area contributed by atoms with Gasteiger partial charge in [-0.25, -0.2) is 4.39 Å². The fourth-order valence-electron chi connectivity index (χ4n) is 1.76. The van der Waals surface area contributed by atoms with Gasteiger partial charge < -0.3 is 14.6 Å². The number of halogens is 1. The van der Waals surface area contributed by atoms with E-state index >= 15 is 0 Å². The van der Waals surface area contributed by atoms with E-state index < -0.39 is 0 Å². The second-order valence-corrected chi connectivity index (χ2v) is 3.98. The fraction of sp³-hybridized carbons (Fsp3) is 0.200. The van der Waals surface area contributed by atoms with E-state index in [9.17, 15) is 4.39 Å². The molecule has 2 aromatic rings. The number of hydrogen-bond donors (Lipinski definition) is 1. The summed E-state index contributed by atoms with van der Waals surface area (Å²) in [4.78, 5) is 0. The van der Waals surface area contributed by atoms with Crippen LogP contribution in [0.5, 0.6) is 11.5 Å². The van der Waals surface area contributed by atoms with Gasteiger partial charge in [0.1, 0.15) is 23.9 Å². The Morgan fingerprint density at radius 3 is 2.37 bits per heavy atom. The van der Waals surface area contributed by atoms with Gasteiger partial charge in [0.15, 0.2) is 0 Å². The van der Waals surface area contributed by atoms with Gasteiger partial charge in [0.05, 0.1) is 13.7 Å². The molecule has 100 valence electrons. The molecule has 1 N–H and O–H groups in total. The summed E-state index contributed by atoms with van der Waals surface area (Å²) in [5.74, 6) is 0.776. The summed E-state index contributed by atoms with van der Waals surface area (Å²) in [6, 6.07) is 11.8. The van der Waals surface area contributed by atoms with E-state index in [4.69, 9.17) is 14.6 Å². The van der Waals surface area contributed by atoms with Gasteiger partial charge in [-0.2, -0.15) is 0 Å². The average molecular weight is 262 g/mol. The minimum absolute atomic E-state index is 0.103. The molecule has 0 unspecified atom stereocenters. The SMILES string of the molecule is COc1ccc(-c2cc(F)cc(OCCO)c2)cc1. The summed E-state index contributed by atoms with van der Waals surface area (Å²) < 4.78 is 23.8. The lowest BCUT2D eigenvalue weighted by molar-refractivity contribution is 0.201. The first-order valence-electron chi connectivity index (χ1n) is 5.91. The summed E-state index contributed by atoms with van der Waals surface area (Å²) >= 11 is 0. The van der Waals surface area contributed by atoms with Crippen LogP contribution in [0, 0.1) is 5.82 Å². The standard InChI is InChI=1S/C15H15FO3/c1-18-14-4-2-11(3-5-14)12-8-13(16)10-15(9-12)19-7-6-17/h2-5,8-10,17H,6-7H2,1H3. The Hall–Kier alpha value is -2.07. The lowest BCUT2D eigenvalue weighted by Gasteiger charge is -2.08. The molecule has 0 radical (unpaired) electrons. The summed E-state index contributed by atoms with van der Waals surface area (Å²) in [5.41, 5.74) is 1.59. The zero-order valence-electron chi connectivity index (χ0n) is 10.6. The first-order valence-corrected chi connectivity index (χ1v) is 5.91. The smallest absolute Gasteiger partial charge is 0.127 e. The predicted octanol–water partition coefficient (Wildman–Crippen LogP) is 2.87. The van der Waals surface area contributed by atoms with Crippen molar-refractivity contribution in [2.45, 2.75) is 0 Å². The third-order valence-electron chi connectivity index (χ3n) is 2.65. The summed E-state index contributed by atoms with van der Waals surface area (Å²) in [6.07, 6.45) is 0. The first kappa shape index (κ1) is 13.4. The van der Waals surface area contributed by atoms with E-state index in [-0.39, 0.29) is 19.0 Å². The molecule has 0 saturated heterocycles. The van der Waals surface area contributed by atoms with Crippen molar-refractivity contribution in [2.24, 2.45) is 0 Å². The Balaban J connectivity index is 2.29. The maximum absolute atomic E-state index is 13.5. The van der Waals surface area contributed by atoms with Crippen LogP contribution in [-0.4, -0.2) is 25.4 Å². The van der Waals surface area contributed by atoms with Crippen molar-refractivity contribution in [2.75, 3.05) is 20.3 Å². The second kappa shape index (κ2) is 6.20. The molecule has 3 nitrogen and oxygen atoms in total.